The van der Waals surface area contributed by atoms with Crippen molar-refractivity contribution in [2.24, 2.45) is 0 Å². The van der Waals surface area contributed by atoms with Crippen LogP contribution in [0.3, 0.4) is 0 Å². The molecule has 4 rings (SSSR count). The maximum atomic E-state index is 5.41. The summed E-state index contributed by atoms with van der Waals surface area (Å²) in [5.41, 5.74) is 5.56. The Morgan fingerprint density at radius 3 is 2.58 bits per heavy atom. The van der Waals surface area contributed by atoms with E-state index in [1.54, 1.807) is 12.4 Å². The Morgan fingerprint density at radius 1 is 0.917 bits per heavy atom. The number of nitrogens with zero attached hydrogens (tertiary/aromatic N) is 2. The molecule has 0 aliphatic carbocycles. The molecule has 1 fully saturated rings. The average Bonchev–Trinajstić information content (AvgIpc) is 2.67. The second-order valence-electron chi connectivity index (χ2n) is 6.23. The zero-order valence-electron chi connectivity index (χ0n) is 13.6. The van der Waals surface area contributed by atoms with E-state index in [1.807, 2.05) is 6.07 Å². The van der Waals surface area contributed by atoms with Crippen LogP contribution in [-0.4, -0.2) is 29.2 Å². The Balaban J connectivity index is 1.52. The summed E-state index contributed by atoms with van der Waals surface area (Å²) in [6, 6.07) is 15.5. The number of hydrogen-bond acceptors (Lipinski definition) is 4. The van der Waals surface area contributed by atoms with Crippen LogP contribution in [0.1, 0.15) is 18.4 Å². The molecule has 24 heavy (non-hydrogen) atoms. The van der Waals surface area contributed by atoms with E-state index >= 15 is 0 Å². The molecule has 1 saturated heterocycles. The smallest absolute Gasteiger partial charge is 0.0892 e. The highest BCUT2D eigenvalue weighted by Gasteiger charge is 2.12. The molecule has 0 amide bonds. The highest BCUT2D eigenvalue weighted by atomic mass is 16.5. The normalized spacial score (nSPS) is 15.7. The van der Waals surface area contributed by atoms with Crippen LogP contribution in [0, 0.1) is 0 Å². The fourth-order valence-electron chi connectivity index (χ4n) is 3.17. The molecule has 1 aromatic heterocycles. The van der Waals surface area contributed by atoms with Crippen LogP contribution in [0.5, 0.6) is 0 Å². The molecule has 0 saturated carbocycles. The van der Waals surface area contributed by atoms with Gasteiger partial charge in [0.1, 0.15) is 0 Å². The van der Waals surface area contributed by atoms with Crippen LogP contribution in [0.4, 0.5) is 0 Å². The van der Waals surface area contributed by atoms with Crippen LogP contribution in [0.15, 0.2) is 54.9 Å². The monoisotopic (exact) mass is 319 g/mol. The van der Waals surface area contributed by atoms with Gasteiger partial charge in [0, 0.05) is 38.2 Å². The first-order valence-corrected chi connectivity index (χ1v) is 8.50. The summed E-state index contributed by atoms with van der Waals surface area (Å²) in [5, 5.41) is 3.64. The highest BCUT2D eigenvalue weighted by Crippen LogP contribution is 2.23. The van der Waals surface area contributed by atoms with Gasteiger partial charge in [0.05, 0.1) is 11.0 Å². The number of rotatable bonds is 4. The summed E-state index contributed by atoms with van der Waals surface area (Å²) < 4.78 is 5.41. The minimum absolute atomic E-state index is 0.568. The van der Waals surface area contributed by atoms with Gasteiger partial charge in [-0.25, -0.2) is 0 Å². The number of nitrogens with one attached hydrogen (secondary N) is 1. The maximum Gasteiger partial charge on any atom is 0.0892 e. The third kappa shape index (κ3) is 3.45. The second kappa shape index (κ2) is 7.07. The zero-order valence-corrected chi connectivity index (χ0v) is 13.6. The third-order valence-electron chi connectivity index (χ3n) is 4.55. The molecule has 2 heterocycles. The van der Waals surface area contributed by atoms with Crippen molar-refractivity contribution in [3.63, 3.8) is 0 Å². The fourth-order valence-corrected chi connectivity index (χ4v) is 3.17. The van der Waals surface area contributed by atoms with Crippen molar-refractivity contribution < 1.29 is 4.74 Å². The van der Waals surface area contributed by atoms with E-state index in [0.717, 1.165) is 43.6 Å². The van der Waals surface area contributed by atoms with Crippen LogP contribution >= 0.6 is 0 Å². The summed E-state index contributed by atoms with van der Waals surface area (Å²) in [4.78, 5) is 8.73. The maximum absolute atomic E-state index is 5.41. The lowest BCUT2D eigenvalue weighted by Gasteiger charge is -2.23. The first kappa shape index (κ1) is 15.2. The predicted molar refractivity (Wildman–Crippen MR) is 95.7 cm³/mol. The summed E-state index contributed by atoms with van der Waals surface area (Å²) >= 11 is 0. The minimum Gasteiger partial charge on any atom is -0.381 e. The standard InChI is InChI=1S/C20H21N3O/c1-2-15(14-23-18-6-10-24-11-7-18)12-16(3-1)17-4-5-19-20(13-17)22-9-8-21-19/h1-5,8-9,12-13,18,23H,6-7,10-11,14H2. The second-order valence-corrected chi connectivity index (χ2v) is 6.23. The van der Waals surface area contributed by atoms with Gasteiger partial charge in [0.2, 0.25) is 0 Å². The molecule has 3 aromatic rings. The summed E-state index contributed by atoms with van der Waals surface area (Å²) in [7, 11) is 0. The van der Waals surface area contributed by atoms with Gasteiger partial charge in [0.25, 0.3) is 0 Å². The minimum atomic E-state index is 0.568. The summed E-state index contributed by atoms with van der Waals surface area (Å²) in [5.74, 6) is 0. The van der Waals surface area contributed by atoms with E-state index < -0.39 is 0 Å². The molecule has 0 spiro atoms. The number of benzene rings is 2. The van der Waals surface area contributed by atoms with Gasteiger partial charge >= 0.3 is 0 Å². The Kier molecular flexibility index (Phi) is 4.49. The van der Waals surface area contributed by atoms with Crippen molar-refractivity contribution >= 4 is 11.0 Å². The van der Waals surface area contributed by atoms with E-state index in [4.69, 9.17) is 4.74 Å². The number of hydrogen-bond donors (Lipinski definition) is 1. The molecule has 122 valence electrons. The van der Waals surface area contributed by atoms with E-state index in [2.05, 4.69) is 51.7 Å². The SMILES string of the molecule is c1cc(CNC2CCOCC2)cc(-c2ccc3nccnc3c2)c1. The van der Waals surface area contributed by atoms with Gasteiger partial charge in [-0.2, -0.15) is 0 Å². The van der Waals surface area contributed by atoms with Gasteiger partial charge in [0.15, 0.2) is 0 Å². The lowest BCUT2D eigenvalue weighted by atomic mass is 10.0. The molecule has 1 aliphatic heterocycles. The average molecular weight is 319 g/mol. The molecular weight excluding hydrogens is 298 g/mol. The predicted octanol–water partition coefficient (Wildman–Crippen LogP) is 3.57. The topological polar surface area (TPSA) is 47.0 Å². The lowest BCUT2D eigenvalue weighted by Crippen LogP contribution is -2.34. The van der Waals surface area contributed by atoms with Crippen LogP contribution < -0.4 is 5.32 Å². The molecule has 0 atom stereocenters. The highest BCUT2D eigenvalue weighted by molar-refractivity contribution is 5.81. The first-order chi connectivity index (χ1) is 11.9. The molecule has 4 nitrogen and oxygen atoms in total. The molecular formula is C20H21N3O. The Hall–Kier alpha value is -2.30. The van der Waals surface area contributed by atoms with Crippen molar-refractivity contribution in [1.29, 1.82) is 0 Å². The number of aromatic nitrogens is 2. The molecule has 2 aromatic carbocycles. The molecule has 1 N–H and O–H groups in total. The largest absolute Gasteiger partial charge is 0.381 e. The zero-order chi connectivity index (χ0) is 16.2. The number of ether oxygens (including phenoxy) is 1. The summed E-state index contributed by atoms with van der Waals surface area (Å²) in [6.07, 6.45) is 5.66. The van der Waals surface area contributed by atoms with E-state index in [-0.39, 0.29) is 0 Å². The molecule has 4 heteroatoms. The van der Waals surface area contributed by atoms with Crippen molar-refractivity contribution in [3.8, 4) is 11.1 Å². The number of fused-ring (bicyclic) bond motifs is 1. The van der Waals surface area contributed by atoms with Gasteiger partial charge in [-0.05, 0) is 47.7 Å². The fraction of sp³-hybridized carbons (Fsp3) is 0.300. The Labute approximate surface area is 141 Å². The molecule has 0 radical (unpaired) electrons. The summed E-state index contributed by atoms with van der Waals surface area (Å²) in [6.45, 7) is 2.64. The quantitative estimate of drug-likeness (QED) is 0.798. The van der Waals surface area contributed by atoms with Gasteiger partial charge in [-0.15, -0.1) is 0 Å². The van der Waals surface area contributed by atoms with Crippen molar-refractivity contribution in [2.45, 2.75) is 25.4 Å². The lowest BCUT2D eigenvalue weighted by molar-refractivity contribution is 0.0776. The molecule has 1 aliphatic rings. The molecule has 0 bridgehead atoms. The Morgan fingerprint density at radius 2 is 1.71 bits per heavy atom. The van der Waals surface area contributed by atoms with E-state index in [9.17, 15) is 0 Å². The van der Waals surface area contributed by atoms with Crippen LogP contribution in [-0.2, 0) is 11.3 Å². The van der Waals surface area contributed by atoms with Crippen LogP contribution in [0.2, 0.25) is 0 Å². The van der Waals surface area contributed by atoms with E-state index in [1.165, 1.54) is 16.7 Å². The molecule has 0 unspecified atom stereocenters. The Bertz CT molecular complexity index is 828. The first-order valence-electron chi connectivity index (χ1n) is 8.50. The van der Waals surface area contributed by atoms with Crippen molar-refractivity contribution in [1.82, 2.24) is 15.3 Å². The van der Waals surface area contributed by atoms with E-state index in [0.29, 0.717) is 6.04 Å². The van der Waals surface area contributed by atoms with Crippen LogP contribution in [0.25, 0.3) is 22.2 Å². The van der Waals surface area contributed by atoms with Crippen molar-refractivity contribution in [3.05, 3.63) is 60.4 Å². The van der Waals surface area contributed by atoms with Gasteiger partial charge in [-0.3, -0.25) is 9.97 Å². The van der Waals surface area contributed by atoms with Crippen molar-refractivity contribution in [2.75, 3.05) is 13.2 Å². The third-order valence-corrected chi connectivity index (χ3v) is 4.55. The van der Waals surface area contributed by atoms with Gasteiger partial charge < -0.3 is 10.1 Å². The van der Waals surface area contributed by atoms with Gasteiger partial charge in [-0.1, -0.05) is 24.3 Å².